The van der Waals surface area contributed by atoms with E-state index in [1.165, 1.54) is 12.8 Å². The lowest BCUT2D eigenvalue weighted by Crippen LogP contribution is -2.28. The maximum Gasteiger partial charge on any atom is 0.225 e. The molecule has 5 heteroatoms. The number of hydrogen-bond acceptors (Lipinski definition) is 4. The predicted molar refractivity (Wildman–Crippen MR) is 68.5 cm³/mol. The fourth-order valence-corrected chi connectivity index (χ4v) is 1.72. The van der Waals surface area contributed by atoms with Gasteiger partial charge in [0.25, 0.3) is 0 Å². The molecular formula is C11H16N4S. The lowest BCUT2D eigenvalue weighted by Gasteiger charge is -2.20. The van der Waals surface area contributed by atoms with Crippen LogP contribution in [0.2, 0.25) is 0 Å². The lowest BCUT2D eigenvalue weighted by molar-refractivity contribution is 0.719. The van der Waals surface area contributed by atoms with Gasteiger partial charge in [0.05, 0.1) is 0 Å². The number of nitrogens with two attached hydrogens (primary N) is 1. The second kappa shape index (κ2) is 4.74. The van der Waals surface area contributed by atoms with Crippen molar-refractivity contribution in [3.63, 3.8) is 0 Å². The summed E-state index contributed by atoms with van der Waals surface area (Å²) in [6.07, 6.45) is 4.36. The zero-order valence-corrected chi connectivity index (χ0v) is 10.2. The van der Waals surface area contributed by atoms with E-state index in [4.69, 9.17) is 18.0 Å². The summed E-state index contributed by atoms with van der Waals surface area (Å²) in [4.78, 5) is 11.2. The Morgan fingerprint density at radius 3 is 2.94 bits per heavy atom. The summed E-state index contributed by atoms with van der Waals surface area (Å²) in [6.45, 7) is 4.06. The zero-order valence-electron chi connectivity index (χ0n) is 9.39. The SMILES string of the molecule is CCN(CC1CC1)c1nccc(C(N)=S)n1. The van der Waals surface area contributed by atoms with Crippen LogP contribution in [0.25, 0.3) is 0 Å². The van der Waals surface area contributed by atoms with Gasteiger partial charge in [0.2, 0.25) is 5.95 Å². The normalized spacial score (nSPS) is 14.8. The molecule has 0 saturated heterocycles. The molecule has 2 rings (SSSR count). The molecular weight excluding hydrogens is 220 g/mol. The van der Waals surface area contributed by atoms with Gasteiger partial charge in [0, 0.05) is 19.3 Å². The van der Waals surface area contributed by atoms with Crippen molar-refractivity contribution in [3.8, 4) is 0 Å². The first-order valence-electron chi connectivity index (χ1n) is 5.58. The van der Waals surface area contributed by atoms with E-state index in [0.29, 0.717) is 10.7 Å². The lowest BCUT2D eigenvalue weighted by atomic mass is 10.3. The van der Waals surface area contributed by atoms with E-state index in [2.05, 4.69) is 21.8 Å². The van der Waals surface area contributed by atoms with Gasteiger partial charge >= 0.3 is 0 Å². The minimum absolute atomic E-state index is 0.325. The van der Waals surface area contributed by atoms with Crippen molar-refractivity contribution < 1.29 is 0 Å². The van der Waals surface area contributed by atoms with E-state index in [1.807, 2.05) is 0 Å². The number of nitrogens with zero attached hydrogens (tertiary/aromatic N) is 3. The van der Waals surface area contributed by atoms with Crippen LogP contribution in [-0.4, -0.2) is 28.0 Å². The molecule has 1 aliphatic rings. The molecule has 1 aromatic heterocycles. The average molecular weight is 236 g/mol. The van der Waals surface area contributed by atoms with Crippen molar-refractivity contribution in [2.75, 3.05) is 18.0 Å². The highest BCUT2D eigenvalue weighted by Gasteiger charge is 2.24. The first-order chi connectivity index (χ1) is 7.70. The maximum atomic E-state index is 5.56. The van der Waals surface area contributed by atoms with Crippen LogP contribution in [0.4, 0.5) is 5.95 Å². The van der Waals surface area contributed by atoms with Gasteiger partial charge in [-0.15, -0.1) is 0 Å². The summed E-state index contributed by atoms with van der Waals surface area (Å²) < 4.78 is 0. The second-order valence-electron chi connectivity index (χ2n) is 4.09. The van der Waals surface area contributed by atoms with E-state index in [1.54, 1.807) is 12.3 Å². The summed E-state index contributed by atoms with van der Waals surface area (Å²) in [7, 11) is 0. The molecule has 1 heterocycles. The van der Waals surface area contributed by atoms with Gasteiger partial charge in [-0.1, -0.05) is 12.2 Å². The van der Waals surface area contributed by atoms with Crippen LogP contribution < -0.4 is 10.6 Å². The number of thiocarbonyl (C=S) groups is 1. The van der Waals surface area contributed by atoms with Crippen molar-refractivity contribution in [1.82, 2.24) is 9.97 Å². The standard InChI is InChI=1S/C11H16N4S/c1-2-15(7-8-3-4-8)11-13-6-5-9(14-11)10(12)16/h5-6,8H,2-4,7H2,1H3,(H2,12,16). The Morgan fingerprint density at radius 2 is 2.38 bits per heavy atom. The monoisotopic (exact) mass is 236 g/mol. The number of anilines is 1. The Morgan fingerprint density at radius 1 is 1.62 bits per heavy atom. The van der Waals surface area contributed by atoms with Crippen LogP contribution in [0.3, 0.4) is 0 Å². The third-order valence-corrected chi connectivity index (χ3v) is 2.94. The zero-order chi connectivity index (χ0) is 11.5. The van der Waals surface area contributed by atoms with E-state index < -0.39 is 0 Å². The van der Waals surface area contributed by atoms with Crippen LogP contribution in [0.15, 0.2) is 12.3 Å². The first-order valence-corrected chi connectivity index (χ1v) is 5.99. The van der Waals surface area contributed by atoms with Crippen molar-refractivity contribution >= 4 is 23.2 Å². The van der Waals surface area contributed by atoms with E-state index in [9.17, 15) is 0 Å². The van der Waals surface area contributed by atoms with Gasteiger partial charge < -0.3 is 10.6 Å². The topological polar surface area (TPSA) is 55.0 Å². The van der Waals surface area contributed by atoms with Gasteiger partial charge in [-0.05, 0) is 31.7 Å². The Kier molecular flexibility index (Phi) is 3.33. The Labute approximate surface area is 101 Å². The third kappa shape index (κ3) is 2.66. The molecule has 4 nitrogen and oxygen atoms in total. The highest BCUT2D eigenvalue weighted by Crippen LogP contribution is 2.30. The van der Waals surface area contributed by atoms with Crippen LogP contribution >= 0.6 is 12.2 Å². The average Bonchev–Trinajstić information content (AvgIpc) is 3.10. The largest absolute Gasteiger partial charge is 0.388 e. The molecule has 1 aliphatic carbocycles. The molecule has 0 spiro atoms. The van der Waals surface area contributed by atoms with Crippen molar-refractivity contribution in [2.24, 2.45) is 11.7 Å². The highest BCUT2D eigenvalue weighted by molar-refractivity contribution is 7.80. The van der Waals surface area contributed by atoms with Crippen LogP contribution in [0.5, 0.6) is 0 Å². The van der Waals surface area contributed by atoms with Gasteiger partial charge in [0.15, 0.2) is 0 Å². The second-order valence-corrected chi connectivity index (χ2v) is 4.53. The van der Waals surface area contributed by atoms with E-state index in [-0.39, 0.29) is 0 Å². The minimum atomic E-state index is 0.325. The molecule has 0 amide bonds. The first kappa shape index (κ1) is 11.3. The predicted octanol–water partition coefficient (Wildman–Crippen LogP) is 1.35. The Hall–Kier alpha value is -1.23. The number of rotatable bonds is 5. The Bertz CT molecular complexity index is 389. The Balaban J connectivity index is 2.15. The molecule has 2 N–H and O–H groups in total. The maximum absolute atomic E-state index is 5.56. The summed E-state index contributed by atoms with van der Waals surface area (Å²) in [6, 6.07) is 1.75. The fourth-order valence-electron chi connectivity index (χ4n) is 1.60. The van der Waals surface area contributed by atoms with Gasteiger partial charge in [-0.3, -0.25) is 0 Å². The minimum Gasteiger partial charge on any atom is -0.388 e. The molecule has 0 atom stereocenters. The quantitative estimate of drug-likeness (QED) is 0.782. The van der Waals surface area contributed by atoms with Crippen molar-refractivity contribution in [3.05, 3.63) is 18.0 Å². The molecule has 86 valence electrons. The molecule has 0 unspecified atom stereocenters. The molecule has 0 aromatic carbocycles. The molecule has 1 aromatic rings. The molecule has 16 heavy (non-hydrogen) atoms. The van der Waals surface area contributed by atoms with Crippen LogP contribution in [0, 0.1) is 5.92 Å². The van der Waals surface area contributed by atoms with Gasteiger partial charge in [-0.25, -0.2) is 9.97 Å². The molecule has 1 fully saturated rings. The molecule has 0 bridgehead atoms. The third-order valence-electron chi connectivity index (χ3n) is 2.74. The molecule has 1 saturated carbocycles. The van der Waals surface area contributed by atoms with Crippen molar-refractivity contribution in [1.29, 1.82) is 0 Å². The van der Waals surface area contributed by atoms with Gasteiger partial charge in [0.1, 0.15) is 10.7 Å². The summed E-state index contributed by atoms with van der Waals surface area (Å²) in [5.74, 6) is 1.55. The van der Waals surface area contributed by atoms with E-state index >= 15 is 0 Å². The number of hydrogen-bond donors (Lipinski definition) is 1. The fraction of sp³-hybridized carbons (Fsp3) is 0.545. The van der Waals surface area contributed by atoms with Crippen molar-refractivity contribution in [2.45, 2.75) is 19.8 Å². The summed E-state index contributed by atoms with van der Waals surface area (Å²) in [5, 5.41) is 0. The smallest absolute Gasteiger partial charge is 0.225 e. The van der Waals surface area contributed by atoms with Crippen LogP contribution in [0.1, 0.15) is 25.5 Å². The molecule has 0 aliphatic heterocycles. The van der Waals surface area contributed by atoms with Gasteiger partial charge in [-0.2, -0.15) is 0 Å². The highest BCUT2D eigenvalue weighted by atomic mass is 32.1. The number of aromatic nitrogens is 2. The summed E-state index contributed by atoms with van der Waals surface area (Å²) in [5.41, 5.74) is 6.21. The van der Waals surface area contributed by atoms with E-state index in [0.717, 1.165) is 25.0 Å². The molecule has 0 radical (unpaired) electrons. The van der Waals surface area contributed by atoms with Crippen LogP contribution in [-0.2, 0) is 0 Å². The summed E-state index contributed by atoms with van der Waals surface area (Å²) >= 11 is 4.91.